The predicted molar refractivity (Wildman–Crippen MR) is 83.0 cm³/mol. The van der Waals surface area contributed by atoms with Crippen molar-refractivity contribution in [1.29, 1.82) is 0 Å². The van der Waals surface area contributed by atoms with E-state index in [4.69, 9.17) is 10.5 Å². The molecule has 0 saturated carbocycles. The molecule has 0 spiro atoms. The van der Waals surface area contributed by atoms with E-state index < -0.39 is 6.04 Å². The number of thiophene rings is 1. The summed E-state index contributed by atoms with van der Waals surface area (Å²) in [6.07, 6.45) is -0.0700. The number of morpholine rings is 1. The summed E-state index contributed by atoms with van der Waals surface area (Å²) in [5.41, 5.74) is 7.17. The van der Waals surface area contributed by atoms with Gasteiger partial charge in [-0.1, -0.05) is 36.4 Å². The van der Waals surface area contributed by atoms with Crippen LogP contribution in [0.5, 0.6) is 0 Å². The van der Waals surface area contributed by atoms with Crippen molar-refractivity contribution >= 4 is 17.2 Å². The second-order valence-electron chi connectivity index (χ2n) is 5.05. The molecular weight excluding hydrogens is 284 g/mol. The Kier molecular flexibility index (Phi) is 4.34. The number of nitrogens with zero attached hydrogens (tertiary/aromatic N) is 1. The van der Waals surface area contributed by atoms with Gasteiger partial charge in [0.1, 0.15) is 12.1 Å². The maximum absolute atomic E-state index is 12.5. The first kappa shape index (κ1) is 14.3. The van der Waals surface area contributed by atoms with Gasteiger partial charge in [-0.2, -0.15) is 0 Å². The molecule has 3 rings (SSSR count). The molecule has 2 unspecified atom stereocenters. The van der Waals surface area contributed by atoms with Crippen LogP contribution in [-0.2, 0) is 9.53 Å². The van der Waals surface area contributed by atoms with Gasteiger partial charge in [0.2, 0.25) is 5.91 Å². The van der Waals surface area contributed by atoms with Gasteiger partial charge >= 0.3 is 0 Å². The first-order chi connectivity index (χ1) is 10.3. The number of carbonyl (C=O) groups excluding carboxylic acids is 1. The van der Waals surface area contributed by atoms with Gasteiger partial charge < -0.3 is 15.4 Å². The molecule has 110 valence electrons. The minimum atomic E-state index is -0.570. The molecule has 2 N–H and O–H groups in total. The van der Waals surface area contributed by atoms with Crippen molar-refractivity contribution < 1.29 is 9.53 Å². The zero-order valence-electron chi connectivity index (χ0n) is 11.6. The van der Waals surface area contributed by atoms with E-state index in [9.17, 15) is 4.79 Å². The van der Waals surface area contributed by atoms with Crippen molar-refractivity contribution in [3.8, 4) is 0 Å². The fraction of sp³-hybridized carbons (Fsp3) is 0.312. The van der Waals surface area contributed by atoms with Gasteiger partial charge in [-0.25, -0.2) is 0 Å². The first-order valence-corrected chi connectivity index (χ1v) is 7.88. The number of ether oxygens (including phenoxy) is 1. The lowest BCUT2D eigenvalue weighted by Crippen LogP contribution is -2.45. The fourth-order valence-electron chi connectivity index (χ4n) is 2.51. The molecule has 5 heteroatoms. The molecule has 0 bridgehead atoms. The number of carbonyl (C=O) groups is 1. The highest BCUT2D eigenvalue weighted by Crippen LogP contribution is 2.25. The Morgan fingerprint density at radius 1 is 1.29 bits per heavy atom. The van der Waals surface area contributed by atoms with E-state index in [1.165, 1.54) is 11.3 Å². The van der Waals surface area contributed by atoms with Crippen molar-refractivity contribution in [2.24, 2.45) is 5.73 Å². The molecule has 21 heavy (non-hydrogen) atoms. The topological polar surface area (TPSA) is 55.6 Å². The average Bonchev–Trinajstić information content (AvgIpc) is 3.09. The number of amides is 1. The molecule has 2 atom stereocenters. The fourth-order valence-corrected chi connectivity index (χ4v) is 3.22. The van der Waals surface area contributed by atoms with Crippen molar-refractivity contribution in [3.63, 3.8) is 0 Å². The lowest BCUT2D eigenvalue weighted by atomic mass is 10.1. The van der Waals surface area contributed by atoms with Crippen LogP contribution in [0.2, 0.25) is 0 Å². The average molecular weight is 302 g/mol. The monoisotopic (exact) mass is 302 g/mol. The smallest absolute Gasteiger partial charge is 0.245 e. The molecular formula is C16H18N2O2S. The van der Waals surface area contributed by atoms with Crippen LogP contribution in [0, 0.1) is 0 Å². The van der Waals surface area contributed by atoms with Gasteiger partial charge in [0, 0.05) is 11.4 Å². The summed E-state index contributed by atoms with van der Waals surface area (Å²) in [7, 11) is 0. The molecule has 1 aliphatic heterocycles. The molecule has 1 amide bonds. The standard InChI is InChI=1S/C16H18N2O2S/c17-15(14-7-4-10-21-14)16(19)18-8-9-20-13(11-18)12-5-2-1-3-6-12/h1-7,10,13,15H,8-9,11,17H2. The lowest BCUT2D eigenvalue weighted by molar-refractivity contribution is -0.140. The molecule has 1 saturated heterocycles. The van der Waals surface area contributed by atoms with Crippen LogP contribution < -0.4 is 5.73 Å². The highest BCUT2D eigenvalue weighted by atomic mass is 32.1. The van der Waals surface area contributed by atoms with Crippen LogP contribution in [0.4, 0.5) is 0 Å². The van der Waals surface area contributed by atoms with E-state index in [2.05, 4.69) is 0 Å². The van der Waals surface area contributed by atoms with Crippen LogP contribution in [-0.4, -0.2) is 30.5 Å². The number of nitrogens with two attached hydrogens (primary N) is 1. The molecule has 2 aromatic rings. The van der Waals surface area contributed by atoms with Crippen molar-refractivity contribution in [1.82, 2.24) is 4.90 Å². The molecule has 1 aromatic heterocycles. The van der Waals surface area contributed by atoms with Crippen LogP contribution in [0.3, 0.4) is 0 Å². The Morgan fingerprint density at radius 2 is 2.10 bits per heavy atom. The van der Waals surface area contributed by atoms with E-state index in [1.807, 2.05) is 52.7 Å². The SMILES string of the molecule is NC(C(=O)N1CCOC(c2ccccc2)C1)c1cccs1. The third kappa shape index (κ3) is 3.15. The summed E-state index contributed by atoms with van der Waals surface area (Å²) >= 11 is 1.52. The van der Waals surface area contributed by atoms with E-state index in [0.29, 0.717) is 19.7 Å². The quantitative estimate of drug-likeness (QED) is 0.947. The maximum atomic E-state index is 12.5. The number of rotatable bonds is 3. The zero-order chi connectivity index (χ0) is 14.7. The Balaban J connectivity index is 1.70. The maximum Gasteiger partial charge on any atom is 0.245 e. The predicted octanol–water partition coefficient (Wildman–Crippen LogP) is 2.35. The third-order valence-electron chi connectivity index (χ3n) is 3.67. The van der Waals surface area contributed by atoms with Crippen molar-refractivity contribution in [2.75, 3.05) is 19.7 Å². The summed E-state index contributed by atoms with van der Waals surface area (Å²) in [5, 5.41) is 1.94. The summed E-state index contributed by atoms with van der Waals surface area (Å²) in [5.74, 6) is -0.0262. The largest absolute Gasteiger partial charge is 0.370 e. The molecule has 0 radical (unpaired) electrons. The van der Waals surface area contributed by atoms with E-state index in [1.54, 1.807) is 0 Å². The summed E-state index contributed by atoms with van der Waals surface area (Å²) in [4.78, 5) is 15.2. The second-order valence-corrected chi connectivity index (χ2v) is 6.03. The summed E-state index contributed by atoms with van der Waals surface area (Å²) < 4.78 is 5.78. The zero-order valence-corrected chi connectivity index (χ0v) is 12.5. The van der Waals surface area contributed by atoms with Crippen LogP contribution in [0.15, 0.2) is 47.8 Å². The molecule has 1 aliphatic rings. The molecule has 0 aliphatic carbocycles. The van der Waals surface area contributed by atoms with Gasteiger partial charge in [0.05, 0.1) is 13.2 Å². The highest BCUT2D eigenvalue weighted by molar-refractivity contribution is 7.10. The van der Waals surface area contributed by atoms with Crippen molar-refractivity contribution in [3.05, 3.63) is 58.3 Å². The van der Waals surface area contributed by atoms with Crippen molar-refractivity contribution in [2.45, 2.75) is 12.1 Å². The Hall–Kier alpha value is -1.69. The van der Waals surface area contributed by atoms with Gasteiger partial charge in [-0.15, -0.1) is 11.3 Å². The van der Waals surface area contributed by atoms with Gasteiger partial charge in [0.15, 0.2) is 0 Å². The van der Waals surface area contributed by atoms with Crippen LogP contribution >= 0.6 is 11.3 Å². The minimum Gasteiger partial charge on any atom is -0.370 e. The van der Waals surface area contributed by atoms with Crippen LogP contribution in [0.1, 0.15) is 22.6 Å². The highest BCUT2D eigenvalue weighted by Gasteiger charge is 2.29. The Bertz CT molecular complexity index is 586. The number of hydrogen-bond acceptors (Lipinski definition) is 4. The van der Waals surface area contributed by atoms with E-state index >= 15 is 0 Å². The summed E-state index contributed by atoms with van der Waals surface area (Å²) in [6, 6.07) is 13.2. The molecule has 2 heterocycles. The van der Waals surface area contributed by atoms with E-state index in [-0.39, 0.29) is 12.0 Å². The summed E-state index contributed by atoms with van der Waals surface area (Å²) in [6.45, 7) is 1.70. The third-order valence-corrected chi connectivity index (χ3v) is 4.62. The van der Waals surface area contributed by atoms with Gasteiger partial charge in [-0.05, 0) is 17.0 Å². The van der Waals surface area contributed by atoms with E-state index in [0.717, 1.165) is 10.4 Å². The molecule has 1 aromatic carbocycles. The number of benzene rings is 1. The normalized spacial score (nSPS) is 20.2. The second kappa shape index (κ2) is 6.39. The lowest BCUT2D eigenvalue weighted by Gasteiger charge is -2.34. The van der Waals surface area contributed by atoms with Gasteiger partial charge in [0.25, 0.3) is 0 Å². The molecule has 4 nitrogen and oxygen atoms in total. The number of hydrogen-bond donors (Lipinski definition) is 1. The van der Waals surface area contributed by atoms with Gasteiger partial charge in [-0.3, -0.25) is 4.79 Å². The minimum absolute atomic E-state index is 0.0262. The Morgan fingerprint density at radius 3 is 2.81 bits per heavy atom. The van der Waals surface area contributed by atoms with Crippen LogP contribution in [0.25, 0.3) is 0 Å². The Labute approximate surface area is 128 Å². The molecule has 1 fully saturated rings. The first-order valence-electron chi connectivity index (χ1n) is 7.00.